The van der Waals surface area contributed by atoms with Crippen molar-refractivity contribution in [1.82, 2.24) is 0 Å². The molecule has 2 aliphatic rings. The first-order valence-electron chi connectivity index (χ1n) is 7.22. The van der Waals surface area contributed by atoms with Crippen molar-refractivity contribution < 1.29 is 14.6 Å². The number of benzene rings is 1. The van der Waals surface area contributed by atoms with Crippen LogP contribution in [0.15, 0.2) is 30.3 Å². The number of hydrogen-bond acceptors (Lipinski definition) is 3. The third kappa shape index (κ3) is 2.42. The van der Waals surface area contributed by atoms with Crippen LogP contribution in [0, 0.1) is 5.92 Å². The lowest BCUT2D eigenvalue weighted by Crippen LogP contribution is -2.48. The van der Waals surface area contributed by atoms with Crippen LogP contribution in [0.4, 0.5) is 0 Å². The van der Waals surface area contributed by atoms with E-state index in [-0.39, 0.29) is 17.4 Å². The van der Waals surface area contributed by atoms with E-state index in [1.165, 1.54) is 5.56 Å². The maximum absolute atomic E-state index is 10.9. The van der Waals surface area contributed by atoms with Crippen molar-refractivity contribution in [3.8, 4) is 0 Å². The van der Waals surface area contributed by atoms with Gasteiger partial charge in [-0.3, -0.25) is 0 Å². The summed E-state index contributed by atoms with van der Waals surface area (Å²) >= 11 is 0. The second kappa shape index (κ2) is 5.61. The van der Waals surface area contributed by atoms with Gasteiger partial charge in [0, 0.05) is 31.2 Å². The number of aliphatic hydroxyl groups excluding tert-OH is 1. The van der Waals surface area contributed by atoms with Crippen LogP contribution in [0.5, 0.6) is 0 Å². The maximum Gasteiger partial charge on any atom is 0.0689 e. The molecule has 0 spiro atoms. The molecule has 2 saturated heterocycles. The van der Waals surface area contributed by atoms with E-state index in [0.717, 1.165) is 39.1 Å². The molecule has 2 aliphatic heterocycles. The van der Waals surface area contributed by atoms with E-state index in [2.05, 4.69) is 24.3 Å². The van der Waals surface area contributed by atoms with E-state index < -0.39 is 0 Å². The van der Waals surface area contributed by atoms with Crippen LogP contribution in [0.3, 0.4) is 0 Å². The molecule has 0 bridgehead atoms. The predicted molar refractivity (Wildman–Crippen MR) is 73.1 cm³/mol. The summed E-state index contributed by atoms with van der Waals surface area (Å²) in [6.45, 7) is 2.94. The standard InChI is InChI=1S/C16H22O3/c17-15(13-6-9-19-12-13)16(7-10-18-11-8-16)14-4-2-1-3-5-14/h1-5,13,15,17H,6-12H2. The van der Waals surface area contributed by atoms with Crippen molar-refractivity contribution in [2.75, 3.05) is 26.4 Å². The average molecular weight is 262 g/mol. The molecule has 0 aromatic heterocycles. The number of ether oxygens (including phenoxy) is 2. The van der Waals surface area contributed by atoms with Crippen molar-refractivity contribution in [2.45, 2.75) is 30.8 Å². The second-order valence-corrected chi connectivity index (χ2v) is 5.70. The van der Waals surface area contributed by atoms with E-state index >= 15 is 0 Å². The Balaban J connectivity index is 1.91. The summed E-state index contributed by atoms with van der Waals surface area (Å²) in [5.41, 5.74) is 1.09. The number of aliphatic hydroxyl groups is 1. The molecular formula is C16H22O3. The van der Waals surface area contributed by atoms with Gasteiger partial charge >= 0.3 is 0 Å². The minimum absolute atomic E-state index is 0.155. The molecule has 104 valence electrons. The zero-order valence-electron chi connectivity index (χ0n) is 11.3. The number of hydrogen-bond donors (Lipinski definition) is 1. The van der Waals surface area contributed by atoms with Crippen molar-refractivity contribution in [3.63, 3.8) is 0 Å². The normalized spacial score (nSPS) is 28.2. The molecule has 1 aromatic rings. The first-order chi connectivity index (χ1) is 9.33. The molecular weight excluding hydrogens is 240 g/mol. The minimum Gasteiger partial charge on any atom is -0.392 e. The Hall–Kier alpha value is -0.900. The summed E-state index contributed by atoms with van der Waals surface area (Å²) < 4.78 is 11.0. The Kier molecular flexibility index (Phi) is 3.87. The molecule has 1 aromatic carbocycles. The van der Waals surface area contributed by atoms with Crippen LogP contribution in [0.1, 0.15) is 24.8 Å². The third-order valence-electron chi connectivity index (χ3n) is 4.71. The minimum atomic E-state index is -0.332. The Morgan fingerprint density at radius 2 is 1.79 bits per heavy atom. The summed E-state index contributed by atoms with van der Waals surface area (Å²) in [6.07, 6.45) is 2.43. The van der Waals surface area contributed by atoms with Gasteiger partial charge in [-0.25, -0.2) is 0 Å². The molecule has 0 aliphatic carbocycles. The smallest absolute Gasteiger partial charge is 0.0689 e. The molecule has 1 N–H and O–H groups in total. The largest absolute Gasteiger partial charge is 0.392 e. The molecule has 2 atom stereocenters. The highest BCUT2D eigenvalue weighted by atomic mass is 16.5. The zero-order valence-corrected chi connectivity index (χ0v) is 11.3. The molecule has 2 fully saturated rings. The van der Waals surface area contributed by atoms with Crippen LogP contribution in [-0.2, 0) is 14.9 Å². The van der Waals surface area contributed by atoms with Crippen LogP contribution >= 0.6 is 0 Å². The van der Waals surface area contributed by atoms with Gasteiger partial charge in [-0.05, 0) is 24.8 Å². The molecule has 3 rings (SSSR count). The van der Waals surface area contributed by atoms with E-state index in [9.17, 15) is 5.11 Å². The molecule has 19 heavy (non-hydrogen) atoms. The van der Waals surface area contributed by atoms with E-state index in [4.69, 9.17) is 9.47 Å². The lowest BCUT2D eigenvalue weighted by Gasteiger charge is -2.43. The highest BCUT2D eigenvalue weighted by Gasteiger charge is 2.45. The topological polar surface area (TPSA) is 38.7 Å². The fourth-order valence-electron chi connectivity index (χ4n) is 3.51. The van der Waals surface area contributed by atoms with Gasteiger partial charge in [0.1, 0.15) is 0 Å². The molecule has 2 unspecified atom stereocenters. The average Bonchev–Trinajstić information content (AvgIpc) is 3.02. The van der Waals surface area contributed by atoms with E-state index in [0.29, 0.717) is 6.61 Å². The summed E-state index contributed by atoms with van der Waals surface area (Å²) in [5.74, 6) is 0.262. The Bertz CT molecular complexity index is 392. The van der Waals surface area contributed by atoms with Crippen LogP contribution < -0.4 is 0 Å². The monoisotopic (exact) mass is 262 g/mol. The van der Waals surface area contributed by atoms with Crippen LogP contribution in [-0.4, -0.2) is 37.6 Å². The third-order valence-corrected chi connectivity index (χ3v) is 4.71. The van der Waals surface area contributed by atoms with Crippen molar-refractivity contribution in [3.05, 3.63) is 35.9 Å². The van der Waals surface area contributed by atoms with Crippen molar-refractivity contribution >= 4 is 0 Å². The molecule has 0 saturated carbocycles. The summed E-state index contributed by atoms with van der Waals surface area (Å²) in [4.78, 5) is 0. The van der Waals surface area contributed by atoms with Gasteiger partial charge in [-0.2, -0.15) is 0 Å². The summed E-state index contributed by atoms with van der Waals surface area (Å²) in [6, 6.07) is 10.4. The Labute approximate surface area is 114 Å². The van der Waals surface area contributed by atoms with Crippen molar-refractivity contribution in [2.24, 2.45) is 5.92 Å². The second-order valence-electron chi connectivity index (χ2n) is 5.70. The molecule has 3 heteroatoms. The quantitative estimate of drug-likeness (QED) is 0.907. The lowest BCUT2D eigenvalue weighted by atomic mass is 9.66. The van der Waals surface area contributed by atoms with Crippen molar-refractivity contribution in [1.29, 1.82) is 0 Å². The first kappa shape index (κ1) is 13.1. The number of rotatable bonds is 3. The summed E-state index contributed by atoms with van der Waals surface area (Å²) in [7, 11) is 0. The summed E-state index contributed by atoms with van der Waals surface area (Å²) in [5, 5.41) is 10.9. The van der Waals surface area contributed by atoms with Gasteiger partial charge in [0.25, 0.3) is 0 Å². The SMILES string of the molecule is OC(C1CCOC1)C1(c2ccccc2)CCOCC1. The fraction of sp³-hybridized carbons (Fsp3) is 0.625. The molecule has 3 nitrogen and oxygen atoms in total. The van der Waals surface area contributed by atoms with Gasteiger partial charge in [0.05, 0.1) is 12.7 Å². The van der Waals surface area contributed by atoms with Gasteiger partial charge in [0.2, 0.25) is 0 Å². The van der Waals surface area contributed by atoms with E-state index in [1.807, 2.05) is 6.07 Å². The van der Waals surface area contributed by atoms with Gasteiger partial charge < -0.3 is 14.6 Å². The highest BCUT2D eigenvalue weighted by molar-refractivity contribution is 5.28. The lowest BCUT2D eigenvalue weighted by molar-refractivity contribution is -0.0418. The van der Waals surface area contributed by atoms with Crippen LogP contribution in [0.25, 0.3) is 0 Å². The molecule has 2 heterocycles. The predicted octanol–water partition coefficient (Wildman–Crippen LogP) is 2.13. The first-order valence-corrected chi connectivity index (χ1v) is 7.22. The molecule has 0 amide bonds. The van der Waals surface area contributed by atoms with Crippen LogP contribution in [0.2, 0.25) is 0 Å². The highest BCUT2D eigenvalue weighted by Crippen LogP contribution is 2.42. The fourth-order valence-corrected chi connectivity index (χ4v) is 3.51. The van der Waals surface area contributed by atoms with E-state index in [1.54, 1.807) is 0 Å². The maximum atomic E-state index is 10.9. The zero-order chi connectivity index (χ0) is 13.1. The Morgan fingerprint density at radius 1 is 1.05 bits per heavy atom. The Morgan fingerprint density at radius 3 is 2.42 bits per heavy atom. The van der Waals surface area contributed by atoms with Gasteiger partial charge in [-0.1, -0.05) is 30.3 Å². The molecule has 0 radical (unpaired) electrons. The van der Waals surface area contributed by atoms with Gasteiger partial charge in [-0.15, -0.1) is 0 Å². The van der Waals surface area contributed by atoms with Gasteiger partial charge in [0.15, 0.2) is 0 Å².